The molecule has 0 unspecified atom stereocenters. The number of benzene rings is 1. The summed E-state index contributed by atoms with van der Waals surface area (Å²) in [6.45, 7) is 9.58. The van der Waals surface area contributed by atoms with Crippen LogP contribution in [0.5, 0.6) is 0 Å². The van der Waals surface area contributed by atoms with Crippen LogP contribution in [0.4, 0.5) is 0 Å². The Morgan fingerprint density at radius 2 is 1.67 bits per heavy atom. The van der Waals surface area contributed by atoms with Gasteiger partial charge >= 0.3 is 0 Å². The monoisotopic (exact) mass is 514 g/mol. The number of sulfone groups is 1. The molecule has 1 saturated heterocycles. The van der Waals surface area contributed by atoms with Crippen LogP contribution in [0, 0.1) is 11.3 Å². The van der Waals surface area contributed by atoms with Gasteiger partial charge in [0, 0.05) is 11.8 Å². The maximum atomic E-state index is 12.5. The highest BCUT2D eigenvalue weighted by atomic mass is 32.2. The molecule has 1 aromatic rings. The number of hydrogen-bond acceptors (Lipinski definition) is 5. The number of aldehydes is 1. The van der Waals surface area contributed by atoms with Crippen molar-refractivity contribution in [3.63, 3.8) is 0 Å². The number of hydrogen-bond donors (Lipinski definition) is 0. The molecule has 198 valence electrons. The minimum absolute atomic E-state index is 0.133. The lowest BCUT2D eigenvalue weighted by Crippen LogP contribution is -2.45. The highest BCUT2D eigenvalue weighted by Crippen LogP contribution is 2.58. The molecular formula is C30H42O5S. The van der Waals surface area contributed by atoms with Crippen LogP contribution < -0.4 is 0 Å². The van der Waals surface area contributed by atoms with Gasteiger partial charge in [-0.25, -0.2) is 8.42 Å². The third-order valence-corrected chi connectivity index (χ3v) is 9.76. The molecule has 2 atom stereocenters. The van der Waals surface area contributed by atoms with E-state index in [0.29, 0.717) is 30.4 Å². The lowest BCUT2D eigenvalue weighted by molar-refractivity contribution is -0.223. The van der Waals surface area contributed by atoms with Gasteiger partial charge in [-0.05, 0) is 82.9 Å². The first kappa shape index (κ1) is 28.5. The van der Waals surface area contributed by atoms with E-state index in [9.17, 15) is 13.2 Å². The molecule has 2 aliphatic rings. The van der Waals surface area contributed by atoms with Crippen LogP contribution in [-0.4, -0.2) is 39.5 Å². The zero-order chi connectivity index (χ0) is 26.2. The molecule has 0 amide bonds. The van der Waals surface area contributed by atoms with E-state index in [1.807, 2.05) is 26.0 Å². The Labute approximate surface area is 217 Å². The smallest absolute Gasteiger partial charge is 0.178 e. The van der Waals surface area contributed by atoms with Crippen molar-refractivity contribution in [3.8, 4) is 0 Å². The molecule has 2 fully saturated rings. The maximum Gasteiger partial charge on any atom is 0.178 e. The van der Waals surface area contributed by atoms with Crippen LogP contribution in [0.1, 0.15) is 72.6 Å². The van der Waals surface area contributed by atoms with Crippen LogP contribution >= 0.6 is 0 Å². The zero-order valence-corrected chi connectivity index (χ0v) is 23.1. The molecule has 0 radical (unpaired) electrons. The van der Waals surface area contributed by atoms with Gasteiger partial charge in [-0.15, -0.1) is 0 Å². The third-order valence-electron chi connectivity index (χ3n) is 8.03. The molecule has 1 heterocycles. The third kappa shape index (κ3) is 6.84. The Balaban J connectivity index is 1.57. The standard InChI is InChI=1S/C30H42O5S/c1-24(9-8-10-25(2)17-22-36(32,33)28-11-6-5-7-12-28)15-18-29(4)27(14-13-26(3)23-31)16-19-30(29)34-20-21-35-30/h5-7,10-13,15,23,27H,8-9,14,16-22H2,1-4H3/b24-15+,25-10+,26-13+/t27-,29+/m1/s1. The highest BCUT2D eigenvalue weighted by Gasteiger charge is 2.60. The largest absolute Gasteiger partial charge is 0.347 e. The molecule has 1 saturated carbocycles. The fourth-order valence-corrected chi connectivity index (χ4v) is 6.86. The van der Waals surface area contributed by atoms with Crippen LogP contribution in [0.15, 0.2) is 70.2 Å². The number of carbonyl (C=O) groups is 1. The zero-order valence-electron chi connectivity index (χ0n) is 22.3. The first-order valence-corrected chi connectivity index (χ1v) is 14.8. The van der Waals surface area contributed by atoms with E-state index >= 15 is 0 Å². The summed E-state index contributed by atoms with van der Waals surface area (Å²) in [5, 5.41) is 0. The van der Waals surface area contributed by atoms with Crippen molar-refractivity contribution in [2.24, 2.45) is 11.3 Å². The van der Waals surface area contributed by atoms with Gasteiger partial charge in [0.2, 0.25) is 0 Å². The van der Waals surface area contributed by atoms with Crippen molar-refractivity contribution in [1.82, 2.24) is 0 Å². The average Bonchev–Trinajstić information content (AvgIpc) is 3.46. The molecule has 0 aromatic heterocycles. The van der Waals surface area contributed by atoms with E-state index in [0.717, 1.165) is 56.0 Å². The van der Waals surface area contributed by atoms with Crippen molar-refractivity contribution in [3.05, 3.63) is 65.3 Å². The molecule has 1 aliphatic heterocycles. The molecule has 1 aromatic carbocycles. The van der Waals surface area contributed by atoms with Crippen LogP contribution in [0.2, 0.25) is 0 Å². The van der Waals surface area contributed by atoms with E-state index in [-0.39, 0.29) is 11.2 Å². The molecule has 1 aliphatic carbocycles. The minimum Gasteiger partial charge on any atom is -0.347 e. The molecular weight excluding hydrogens is 472 g/mol. The lowest BCUT2D eigenvalue weighted by atomic mass is 9.71. The number of ether oxygens (including phenoxy) is 2. The summed E-state index contributed by atoms with van der Waals surface area (Å²) < 4.78 is 37.5. The van der Waals surface area contributed by atoms with Gasteiger partial charge in [-0.2, -0.15) is 0 Å². The molecule has 36 heavy (non-hydrogen) atoms. The summed E-state index contributed by atoms with van der Waals surface area (Å²) in [5.41, 5.74) is 3.05. The summed E-state index contributed by atoms with van der Waals surface area (Å²) >= 11 is 0. The van der Waals surface area contributed by atoms with Crippen molar-refractivity contribution < 1.29 is 22.7 Å². The Morgan fingerprint density at radius 3 is 2.33 bits per heavy atom. The average molecular weight is 515 g/mol. The Hall–Kier alpha value is -2.02. The number of rotatable bonds is 12. The quantitative estimate of drug-likeness (QED) is 0.178. The molecule has 6 heteroatoms. The van der Waals surface area contributed by atoms with Gasteiger partial charge in [0.05, 0.1) is 23.9 Å². The SMILES string of the molecule is C/C(C=O)=C\C[C@@H]1CCC2(OCCO2)[C@@]1(C)C/C=C(\C)CC/C=C(\C)CCS(=O)(=O)c1ccccc1. The predicted octanol–water partition coefficient (Wildman–Crippen LogP) is 6.61. The summed E-state index contributed by atoms with van der Waals surface area (Å²) in [6.07, 6.45) is 13.5. The summed E-state index contributed by atoms with van der Waals surface area (Å²) in [7, 11) is -3.25. The molecule has 5 nitrogen and oxygen atoms in total. The molecule has 0 bridgehead atoms. The van der Waals surface area contributed by atoms with Gasteiger partial charge in [-0.1, -0.05) is 54.5 Å². The van der Waals surface area contributed by atoms with Gasteiger partial charge in [-0.3, -0.25) is 4.79 Å². The maximum absolute atomic E-state index is 12.5. The number of carbonyl (C=O) groups excluding carboxylic acids is 1. The van der Waals surface area contributed by atoms with Gasteiger partial charge in [0.15, 0.2) is 15.6 Å². The molecule has 3 rings (SSSR count). The summed E-state index contributed by atoms with van der Waals surface area (Å²) in [6, 6.07) is 8.66. The Morgan fingerprint density at radius 1 is 1.00 bits per heavy atom. The first-order valence-electron chi connectivity index (χ1n) is 13.1. The summed E-state index contributed by atoms with van der Waals surface area (Å²) in [5.74, 6) is -0.00480. The second-order valence-electron chi connectivity index (χ2n) is 10.6. The van der Waals surface area contributed by atoms with Gasteiger partial charge in [0.25, 0.3) is 0 Å². The first-order chi connectivity index (χ1) is 17.1. The minimum atomic E-state index is -3.25. The predicted molar refractivity (Wildman–Crippen MR) is 144 cm³/mol. The van der Waals surface area contributed by atoms with Gasteiger partial charge in [0.1, 0.15) is 6.29 Å². The fourth-order valence-electron chi connectivity index (χ4n) is 5.46. The van der Waals surface area contributed by atoms with Gasteiger partial charge < -0.3 is 9.47 Å². The van der Waals surface area contributed by atoms with Crippen LogP contribution in [0.25, 0.3) is 0 Å². The second kappa shape index (κ2) is 12.5. The lowest BCUT2D eigenvalue weighted by Gasteiger charge is -2.42. The normalized spacial score (nSPS) is 25.0. The molecule has 0 N–H and O–H groups in total. The Bertz CT molecular complexity index is 1080. The van der Waals surface area contributed by atoms with Crippen molar-refractivity contribution in [2.75, 3.05) is 19.0 Å². The van der Waals surface area contributed by atoms with Crippen molar-refractivity contribution in [2.45, 2.75) is 83.3 Å². The van der Waals surface area contributed by atoms with Crippen molar-refractivity contribution >= 4 is 16.1 Å². The fraction of sp³-hybridized carbons (Fsp3) is 0.567. The Kier molecular flexibility index (Phi) is 9.90. The van der Waals surface area contributed by atoms with E-state index in [4.69, 9.17) is 9.47 Å². The highest BCUT2D eigenvalue weighted by molar-refractivity contribution is 7.91. The van der Waals surface area contributed by atoms with Crippen LogP contribution in [0.3, 0.4) is 0 Å². The van der Waals surface area contributed by atoms with Crippen molar-refractivity contribution in [1.29, 1.82) is 0 Å². The van der Waals surface area contributed by atoms with E-state index < -0.39 is 15.6 Å². The molecule has 1 spiro atoms. The van der Waals surface area contributed by atoms with Crippen LogP contribution in [-0.2, 0) is 24.1 Å². The van der Waals surface area contributed by atoms with E-state index in [2.05, 4.69) is 26.0 Å². The topological polar surface area (TPSA) is 69.7 Å². The number of allylic oxidation sites excluding steroid dienone is 6. The second-order valence-corrected chi connectivity index (χ2v) is 12.7. The van der Waals surface area contributed by atoms with E-state index in [1.165, 1.54) is 5.57 Å². The van der Waals surface area contributed by atoms with E-state index in [1.54, 1.807) is 24.3 Å². The summed E-state index contributed by atoms with van der Waals surface area (Å²) in [4.78, 5) is 11.5.